The number of phenolic OH excluding ortho intramolecular Hbond substituents is 1. The molecule has 0 saturated heterocycles. The van der Waals surface area contributed by atoms with Gasteiger partial charge in [0.25, 0.3) is 5.91 Å². The third kappa shape index (κ3) is 3.20. The normalized spacial score (nSPS) is 10.8. The van der Waals surface area contributed by atoms with Crippen molar-refractivity contribution in [2.24, 2.45) is 0 Å². The van der Waals surface area contributed by atoms with Gasteiger partial charge in [0.05, 0.1) is 5.02 Å². The van der Waals surface area contributed by atoms with E-state index in [1.165, 1.54) is 0 Å². The molecule has 0 saturated carbocycles. The number of pyridine rings is 1. The first-order valence-electron chi connectivity index (χ1n) is 6.82. The number of hydrogen-bond donors (Lipinski definition) is 2. The van der Waals surface area contributed by atoms with Crippen LogP contribution in [-0.4, -0.2) is 26.9 Å². The van der Waals surface area contributed by atoms with E-state index in [0.29, 0.717) is 29.3 Å². The maximum Gasteiger partial charge on any atom is 0.271 e. The van der Waals surface area contributed by atoms with Crippen molar-refractivity contribution < 1.29 is 9.90 Å². The van der Waals surface area contributed by atoms with E-state index in [-0.39, 0.29) is 11.7 Å². The Bertz CT molecular complexity index is 812. The number of nitrogens with zero attached hydrogens (tertiary/aromatic N) is 2. The fourth-order valence-electron chi connectivity index (χ4n) is 2.15. The number of carbonyl (C=O) groups excluding carboxylic acids is 1. The SMILES string of the molecule is O=C(NCCc1ccc(O)cc1)c1cn2cc(Cl)ccc2n1. The highest BCUT2D eigenvalue weighted by atomic mass is 35.5. The summed E-state index contributed by atoms with van der Waals surface area (Å²) in [4.78, 5) is 16.3. The summed E-state index contributed by atoms with van der Waals surface area (Å²) >= 11 is 5.90. The standard InChI is InChI=1S/C16H14ClN3O2/c17-12-3-6-15-19-14(10-20(15)9-12)16(22)18-8-7-11-1-4-13(21)5-2-11/h1-6,9-10,21H,7-8H2,(H,18,22). The molecule has 1 aromatic carbocycles. The number of phenols is 1. The van der Waals surface area contributed by atoms with Crippen molar-refractivity contribution in [3.05, 3.63) is 65.1 Å². The number of carbonyl (C=O) groups is 1. The molecule has 3 rings (SSSR count). The molecule has 0 aliphatic rings. The minimum atomic E-state index is -0.224. The van der Waals surface area contributed by atoms with Gasteiger partial charge < -0.3 is 14.8 Å². The molecule has 112 valence electrons. The quantitative estimate of drug-likeness (QED) is 0.778. The number of imidazole rings is 1. The first-order valence-corrected chi connectivity index (χ1v) is 7.20. The number of nitrogens with one attached hydrogen (secondary N) is 1. The molecule has 0 aliphatic carbocycles. The van der Waals surface area contributed by atoms with Gasteiger partial charge in [0, 0.05) is 18.9 Å². The van der Waals surface area contributed by atoms with Crippen molar-refractivity contribution in [3.8, 4) is 5.75 Å². The maximum absolute atomic E-state index is 12.1. The van der Waals surface area contributed by atoms with Crippen LogP contribution in [0.5, 0.6) is 5.75 Å². The lowest BCUT2D eigenvalue weighted by molar-refractivity contribution is 0.0950. The van der Waals surface area contributed by atoms with Gasteiger partial charge in [-0.1, -0.05) is 23.7 Å². The zero-order valence-corrected chi connectivity index (χ0v) is 12.4. The van der Waals surface area contributed by atoms with E-state index in [2.05, 4.69) is 10.3 Å². The second-order valence-corrected chi connectivity index (χ2v) is 5.35. The Morgan fingerprint density at radius 1 is 1.18 bits per heavy atom. The molecule has 0 spiro atoms. The van der Waals surface area contributed by atoms with Gasteiger partial charge in [0.2, 0.25) is 0 Å². The molecule has 2 N–H and O–H groups in total. The maximum atomic E-state index is 12.1. The molecule has 0 aliphatic heterocycles. The van der Waals surface area contributed by atoms with Crippen LogP contribution in [0.25, 0.3) is 5.65 Å². The highest BCUT2D eigenvalue weighted by Gasteiger charge is 2.10. The Morgan fingerprint density at radius 2 is 1.95 bits per heavy atom. The van der Waals surface area contributed by atoms with E-state index in [1.54, 1.807) is 41.1 Å². The Hall–Kier alpha value is -2.53. The molecule has 0 bridgehead atoms. The number of amides is 1. The van der Waals surface area contributed by atoms with Gasteiger partial charge in [-0.2, -0.15) is 0 Å². The molecule has 5 nitrogen and oxygen atoms in total. The molecule has 1 amide bonds. The first kappa shape index (κ1) is 14.4. The zero-order valence-electron chi connectivity index (χ0n) is 11.7. The van der Waals surface area contributed by atoms with Crippen LogP contribution < -0.4 is 5.32 Å². The molecule has 0 fully saturated rings. The van der Waals surface area contributed by atoms with Crippen molar-refractivity contribution in [1.82, 2.24) is 14.7 Å². The van der Waals surface area contributed by atoms with Crippen LogP contribution in [0.2, 0.25) is 5.02 Å². The van der Waals surface area contributed by atoms with Gasteiger partial charge in [0.15, 0.2) is 0 Å². The topological polar surface area (TPSA) is 66.6 Å². The zero-order chi connectivity index (χ0) is 15.5. The highest BCUT2D eigenvalue weighted by Crippen LogP contribution is 2.12. The van der Waals surface area contributed by atoms with Crippen molar-refractivity contribution >= 4 is 23.2 Å². The van der Waals surface area contributed by atoms with E-state index in [4.69, 9.17) is 11.6 Å². The summed E-state index contributed by atoms with van der Waals surface area (Å²) in [5.41, 5.74) is 2.07. The summed E-state index contributed by atoms with van der Waals surface area (Å²) in [6.07, 6.45) is 4.04. The molecule has 2 heterocycles. The second-order valence-electron chi connectivity index (χ2n) is 4.91. The average Bonchev–Trinajstić information content (AvgIpc) is 2.92. The second kappa shape index (κ2) is 6.07. The van der Waals surface area contributed by atoms with Crippen LogP contribution in [-0.2, 0) is 6.42 Å². The van der Waals surface area contributed by atoms with Gasteiger partial charge in [-0.05, 0) is 36.2 Å². The number of benzene rings is 1. The highest BCUT2D eigenvalue weighted by molar-refractivity contribution is 6.30. The van der Waals surface area contributed by atoms with Crippen molar-refractivity contribution in [2.45, 2.75) is 6.42 Å². The first-order chi connectivity index (χ1) is 10.6. The van der Waals surface area contributed by atoms with E-state index in [9.17, 15) is 9.90 Å². The number of rotatable bonds is 4. The monoisotopic (exact) mass is 315 g/mol. The minimum Gasteiger partial charge on any atom is -0.508 e. The lowest BCUT2D eigenvalue weighted by atomic mass is 10.1. The van der Waals surface area contributed by atoms with E-state index < -0.39 is 0 Å². The number of fused-ring (bicyclic) bond motifs is 1. The average molecular weight is 316 g/mol. The smallest absolute Gasteiger partial charge is 0.271 e. The predicted molar refractivity (Wildman–Crippen MR) is 84.3 cm³/mol. The Labute approximate surface area is 132 Å². The molecule has 6 heteroatoms. The predicted octanol–water partition coefficient (Wildman–Crippen LogP) is 2.67. The summed E-state index contributed by atoms with van der Waals surface area (Å²) in [6.45, 7) is 0.498. The molecule has 0 radical (unpaired) electrons. The molecule has 0 atom stereocenters. The molecular formula is C16H14ClN3O2. The summed E-state index contributed by atoms with van der Waals surface area (Å²) in [7, 11) is 0. The molecular weight excluding hydrogens is 302 g/mol. The summed E-state index contributed by atoms with van der Waals surface area (Å²) in [5, 5.41) is 12.6. The number of aromatic nitrogens is 2. The minimum absolute atomic E-state index is 0.224. The molecule has 2 aromatic heterocycles. The molecule has 3 aromatic rings. The van der Waals surface area contributed by atoms with Gasteiger partial charge in [-0.3, -0.25) is 4.79 Å². The van der Waals surface area contributed by atoms with Crippen molar-refractivity contribution in [3.63, 3.8) is 0 Å². The van der Waals surface area contributed by atoms with E-state index in [0.717, 1.165) is 5.56 Å². The van der Waals surface area contributed by atoms with E-state index >= 15 is 0 Å². The van der Waals surface area contributed by atoms with Gasteiger partial charge in [-0.15, -0.1) is 0 Å². The van der Waals surface area contributed by atoms with Crippen molar-refractivity contribution in [2.75, 3.05) is 6.54 Å². The van der Waals surface area contributed by atoms with Crippen LogP contribution in [0.15, 0.2) is 48.8 Å². The molecule has 0 unspecified atom stereocenters. The van der Waals surface area contributed by atoms with Crippen LogP contribution in [0, 0.1) is 0 Å². The number of aromatic hydroxyl groups is 1. The summed E-state index contributed by atoms with van der Waals surface area (Å²) in [6, 6.07) is 10.4. The van der Waals surface area contributed by atoms with Gasteiger partial charge in [-0.25, -0.2) is 4.98 Å². The third-order valence-electron chi connectivity index (χ3n) is 3.28. The van der Waals surface area contributed by atoms with Crippen LogP contribution >= 0.6 is 11.6 Å². The number of hydrogen-bond acceptors (Lipinski definition) is 3. The largest absolute Gasteiger partial charge is 0.508 e. The fourth-order valence-corrected chi connectivity index (χ4v) is 2.32. The van der Waals surface area contributed by atoms with Crippen LogP contribution in [0.4, 0.5) is 0 Å². The lowest BCUT2D eigenvalue weighted by Gasteiger charge is -2.03. The van der Waals surface area contributed by atoms with Gasteiger partial charge >= 0.3 is 0 Å². The third-order valence-corrected chi connectivity index (χ3v) is 3.51. The lowest BCUT2D eigenvalue weighted by Crippen LogP contribution is -2.25. The Kier molecular flexibility index (Phi) is 3.98. The summed E-state index contributed by atoms with van der Waals surface area (Å²) in [5.74, 6) is 0.00903. The van der Waals surface area contributed by atoms with Crippen LogP contribution in [0.3, 0.4) is 0 Å². The fraction of sp³-hybridized carbons (Fsp3) is 0.125. The van der Waals surface area contributed by atoms with Gasteiger partial charge in [0.1, 0.15) is 17.1 Å². The van der Waals surface area contributed by atoms with Crippen LogP contribution in [0.1, 0.15) is 16.1 Å². The summed E-state index contributed by atoms with van der Waals surface area (Å²) < 4.78 is 1.72. The molecule has 22 heavy (non-hydrogen) atoms. The Morgan fingerprint density at radius 3 is 2.73 bits per heavy atom. The van der Waals surface area contributed by atoms with E-state index in [1.807, 2.05) is 12.1 Å². The Balaban J connectivity index is 1.62. The van der Waals surface area contributed by atoms with Crippen molar-refractivity contribution in [1.29, 1.82) is 0 Å². The number of halogens is 1.